The van der Waals surface area contributed by atoms with E-state index in [9.17, 15) is 11.7 Å². The standard InChI is InChI=1S/CH3F3S.2Na/c1-5(2,3)4;;/h1H3;;/q-2;2*+1. The zero-order chi connectivity index (χ0) is 4.50. The third kappa shape index (κ3) is 67.0. The monoisotopic (exact) mass is 150 g/mol. The molecule has 0 fully saturated rings. The van der Waals surface area contributed by atoms with E-state index >= 15 is 0 Å². The van der Waals surface area contributed by atoms with Crippen molar-refractivity contribution in [2.24, 2.45) is 0 Å². The van der Waals surface area contributed by atoms with E-state index < -0.39 is 11.2 Å². The van der Waals surface area contributed by atoms with Gasteiger partial charge in [-0.05, 0) is 0 Å². The van der Waals surface area contributed by atoms with Gasteiger partial charge in [-0.25, -0.2) is 0 Å². The topological polar surface area (TPSA) is 0 Å². The van der Waals surface area contributed by atoms with Crippen LogP contribution < -0.4 is 59.1 Å². The van der Waals surface area contributed by atoms with Crippen molar-refractivity contribution in [1.82, 2.24) is 0 Å². The van der Waals surface area contributed by atoms with Crippen LogP contribution in [0.2, 0.25) is 0 Å². The van der Waals surface area contributed by atoms with E-state index in [-0.39, 0.29) is 65.4 Å². The third-order valence-corrected chi connectivity index (χ3v) is 0. The predicted molar refractivity (Wildman–Crippen MR) is 16.6 cm³/mol. The molecule has 0 saturated carbocycles. The van der Waals surface area contributed by atoms with Crippen molar-refractivity contribution in [3.8, 4) is 0 Å². The summed E-state index contributed by atoms with van der Waals surface area (Å²) in [5, 5.41) is 0. The Kier molecular flexibility index (Phi) is 14.4. The molecule has 0 aromatic rings. The summed E-state index contributed by atoms with van der Waals surface area (Å²) in [4.78, 5) is 0. The van der Waals surface area contributed by atoms with Gasteiger partial charge in [0.05, 0.1) is 0 Å². The van der Waals surface area contributed by atoms with Gasteiger partial charge in [0.15, 0.2) is 0 Å². The second-order valence-electron chi connectivity index (χ2n) is 0.638. The van der Waals surface area contributed by atoms with Gasteiger partial charge in [0.1, 0.15) is 0 Å². The fourth-order valence-corrected chi connectivity index (χ4v) is 0. The average Bonchev–Trinajstić information content (AvgIpc) is 0.722. The first-order chi connectivity index (χ1) is 2.00. The van der Waals surface area contributed by atoms with E-state index in [0.717, 1.165) is 0 Å². The van der Waals surface area contributed by atoms with Gasteiger partial charge in [0.25, 0.3) is 0 Å². The van der Waals surface area contributed by atoms with Gasteiger partial charge < -0.3 is 22.8 Å². The number of hydrogen-bond acceptors (Lipinski definition) is 0. The minimum absolute atomic E-state index is 0. The Balaban J connectivity index is -0.0000000800. The first-order valence-corrected chi connectivity index (χ1v) is 2.61. The van der Waals surface area contributed by atoms with Crippen LogP contribution in [0.4, 0.5) is 11.7 Å². The third-order valence-electron chi connectivity index (χ3n) is 0. The van der Waals surface area contributed by atoms with E-state index in [0.29, 0.717) is 0 Å². The molecule has 0 nitrogen and oxygen atoms in total. The molecule has 0 heterocycles. The maximum Gasteiger partial charge on any atom is 1.00 e. The van der Waals surface area contributed by atoms with Crippen molar-refractivity contribution in [3.63, 3.8) is 0 Å². The second kappa shape index (κ2) is 6.26. The van der Waals surface area contributed by atoms with Crippen LogP contribution in [0.15, 0.2) is 0 Å². The Bertz CT molecular complexity index is 28.4. The quantitative estimate of drug-likeness (QED) is 0.305. The molecule has 36 valence electrons. The SMILES string of the molecule is C[S-2](F)(F)F.[Na+].[Na+]. The Morgan fingerprint density at radius 2 is 1.00 bits per heavy atom. The van der Waals surface area contributed by atoms with Gasteiger partial charge in [-0.3, -0.25) is 0 Å². The van der Waals surface area contributed by atoms with E-state index in [1.165, 1.54) is 0 Å². The molecule has 0 aromatic carbocycles. The molecule has 6 heteroatoms. The fraction of sp³-hybridized carbons (Fsp3) is 1.00. The molecular weight excluding hydrogens is 147 g/mol. The molecule has 0 rings (SSSR count). The number of hydrogen-bond donors (Lipinski definition) is 0. The average molecular weight is 150 g/mol. The Morgan fingerprint density at radius 3 is 1.00 bits per heavy atom. The molecule has 0 aliphatic carbocycles. The molecule has 0 aromatic heterocycles. The van der Waals surface area contributed by atoms with Crippen LogP contribution >= 0.6 is 0 Å². The van der Waals surface area contributed by atoms with Crippen molar-refractivity contribution < 1.29 is 70.8 Å². The van der Waals surface area contributed by atoms with Crippen molar-refractivity contribution in [1.29, 1.82) is 0 Å². The van der Waals surface area contributed by atoms with Crippen LogP contribution in [0.1, 0.15) is 0 Å². The molecule has 0 spiro atoms. The van der Waals surface area contributed by atoms with Crippen LogP contribution in [0, 0.1) is 0 Å². The molecular formula is CH3F3Na2S. The van der Waals surface area contributed by atoms with Crippen molar-refractivity contribution >= 4 is 11.2 Å². The van der Waals surface area contributed by atoms with E-state index in [4.69, 9.17) is 0 Å². The van der Waals surface area contributed by atoms with Crippen LogP contribution in [0.5, 0.6) is 0 Å². The number of rotatable bonds is 0. The molecule has 0 saturated heterocycles. The van der Waals surface area contributed by atoms with Gasteiger partial charge in [-0.15, -0.1) is 0 Å². The molecule has 0 radical (unpaired) electrons. The van der Waals surface area contributed by atoms with Gasteiger partial charge in [0, 0.05) is 0 Å². The first-order valence-electron chi connectivity index (χ1n) is 0.871. The van der Waals surface area contributed by atoms with Gasteiger partial charge in [0.2, 0.25) is 0 Å². The molecule has 7 heavy (non-hydrogen) atoms. The van der Waals surface area contributed by atoms with Crippen molar-refractivity contribution in [2.45, 2.75) is 0 Å². The van der Waals surface area contributed by atoms with Crippen molar-refractivity contribution in [3.05, 3.63) is 0 Å². The normalized spacial score (nSPS) is 10.9. The van der Waals surface area contributed by atoms with Crippen molar-refractivity contribution in [2.75, 3.05) is 6.26 Å². The van der Waals surface area contributed by atoms with Gasteiger partial charge >= 0.3 is 59.1 Å². The minimum Gasteiger partial charge on any atom is -0.478 e. The largest absolute Gasteiger partial charge is 1.00 e. The summed E-state index contributed by atoms with van der Waals surface area (Å²) in [5.41, 5.74) is 0. The summed E-state index contributed by atoms with van der Waals surface area (Å²) in [7, 11) is 0. The zero-order valence-corrected chi connectivity index (χ0v) is 9.36. The maximum atomic E-state index is 10.4. The Hall–Kier alpha value is 2.14. The van der Waals surface area contributed by atoms with Gasteiger partial charge in [-0.1, -0.05) is 0 Å². The number of halogens is 3. The first kappa shape index (κ1) is 16.1. The molecule has 0 aliphatic heterocycles. The van der Waals surface area contributed by atoms with Crippen LogP contribution in [-0.2, 0) is 11.2 Å². The molecule has 0 amide bonds. The van der Waals surface area contributed by atoms with E-state index in [1.54, 1.807) is 0 Å². The summed E-state index contributed by atoms with van der Waals surface area (Å²) in [5.74, 6) is 0. The van der Waals surface area contributed by atoms with Crippen LogP contribution in [0.3, 0.4) is 0 Å². The Morgan fingerprint density at radius 1 is 1.00 bits per heavy atom. The summed E-state index contributed by atoms with van der Waals surface area (Å²) >= 11 is -4.67. The molecule has 0 aliphatic rings. The van der Waals surface area contributed by atoms with Crippen LogP contribution in [-0.4, -0.2) is 6.26 Å². The zero-order valence-electron chi connectivity index (χ0n) is 4.54. The fourth-order valence-electron chi connectivity index (χ4n) is 0. The predicted octanol–water partition coefficient (Wildman–Crippen LogP) is -4.57. The van der Waals surface area contributed by atoms with Crippen LogP contribution in [0.25, 0.3) is 0 Å². The summed E-state index contributed by atoms with van der Waals surface area (Å²) in [6.07, 6.45) is 0.271. The summed E-state index contributed by atoms with van der Waals surface area (Å²) < 4.78 is 31.3. The van der Waals surface area contributed by atoms with E-state index in [1.807, 2.05) is 0 Å². The van der Waals surface area contributed by atoms with Gasteiger partial charge in [-0.2, -0.15) is 6.26 Å². The second-order valence-corrected chi connectivity index (χ2v) is 1.91. The summed E-state index contributed by atoms with van der Waals surface area (Å²) in [6.45, 7) is 0. The molecule has 0 atom stereocenters. The summed E-state index contributed by atoms with van der Waals surface area (Å²) in [6, 6.07) is 0. The smallest absolute Gasteiger partial charge is 0.478 e. The molecule has 0 N–H and O–H groups in total. The molecule has 0 bridgehead atoms. The molecule has 0 unspecified atom stereocenters. The van der Waals surface area contributed by atoms with E-state index in [2.05, 4.69) is 0 Å². The minimum atomic E-state index is -4.67. The maximum absolute atomic E-state index is 10.4. The Labute approximate surface area is 87.0 Å².